The third kappa shape index (κ3) is 6.97. The fourth-order valence-electron chi connectivity index (χ4n) is 2.37. The van der Waals surface area contributed by atoms with Gasteiger partial charge in [0.2, 0.25) is 10.0 Å². The maximum absolute atomic E-state index is 11.5. The van der Waals surface area contributed by atoms with Crippen LogP contribution in [0.1, 0.15) is 33.1 Å². The Bertz CT molecular complexity index is 347. The minimum absolute atomic E-state index is 0.463. The van der Waals surface area contributed by atoms with Crippen LogP contribution in [0.5, 0.6) is 0 Å². The Morgan fingerprint density at radius 2 is 2.21 bits per heavy atom. The summed E-state index contributed by atoms with van der Waals surface area (Å²) in [5, 5.41) is 3.55. The number of rotatable bonds is 8. The Labute approximate surface area is 122 Å². The van der Waals surface area contributed by atoms with E-state index in [0.717, 1.165) is 19.4 Å². The number of hydrogen-bond donors (Lipinski definition) is 1. The fourth-order valence-corrected chi connectivity index (χ4v) is 4.12. The van der Waals surface area contributed by atoms with Crippen LogP contribution in [0.3, 0.4) is 0 Å². The van der Waals surface area contributed by atoms with Crippen molar-refractivity contribution in [3.8, 4) is 0 Å². The molecule has 6 heteroatoms. The van der Waals surface area contributed by atoms with E-state index in [4.69, 9.17) is 0 Å². The van der Waals surface area contributed by atoms with Crippen LogP contribution in [-0.4, -0.2) is 56.2 Å². The van der Waals surface area contributed by atoms with Gasteiger partial charge < -0.3 is 5.32 Å². The Hall–Kier alpha value is 0.220. The highest BCUT2D eigenvalue weighted by Crippen LogP contribution is 2.18. The van der Waals surface area contributed by atoms with Gasteiger partial charge >= 0.3 is 0 Å². The second kappa shape index (κ2) is 8.49. The first kappa shape index (κ1) is 17.3. The van der Waals surface area contributed by atoms with E-state index in [2.05, 4.69) is 19.2 Å². The molecule has 0 aromatic rings. The zero-order valence-corrected chi connectivity index (χ0v) is 14.0. The Balaban J connectivity index is 2.25. The van der Waals surface area contributed by atoms with Gasteiger partial charge in [-0.2, -0.15) is 11.8 Å². The molecular weight excluding hydrogens is 280 g/mol. The van der Waals surface area contributed by atoms with Crippen molar-refractivity contribution in [3.05, 3.63) is 0 Å². The Morgan fingerprint density at radius 1 is 1.47 bits per heavy atom. The van der Waals surface area contributed by atoms with E-state index in [-0.39, 0.29) is 0 Å². The number of piperidine rings is 1. The number of hydrogen-bond acceptors (Lipinski definition) is 4. The minimum atomic E-state index is -3.01. The first-order valence-electron chi connectivity index (χ1n) is 7.19. The van der Waals surface area contributed by atoms with Crippen LogP contribution in [0, 0.1) is 5.92 Å². The molecule has 1 fully saturated rings. The van der Waals surface area contributed by atoms with Crippen molar-refractivity contribution in [3.63, 3.8) is 0 Å². The predicted octanol–water partition coefficient (Wildman–Crippen LogP) is 1.78. The molecule has 1 aliphatic rings. The summed E-state index contributed by atoms with van der Waals surface area (Å²) in [6.45, 7) is 6.71. The van der Waals surface area contributed by atoms with Crippen LogP contribution in [0.2, 0.25) is 0 Å². The molecule has 0 bridgehead atoms. The van der Waals surface area contributed by atoms with Crippen molar-refractivity contribution in [2.45, 2.75) is 39.2 Å². The monoisotopic (exact) mass is 308 g/mol. The summed E-state index contributed by atoms with van der Waals surface area (Å²) in [4.78, 5) is 0. The number of nitrogens with one attached hydrogen (secondary N) is 1. The summed E-state index contributed by atoms with van der Waals surface area (Å²) >= 11 is 1.97. The molecule has 4 nitrogen and oxygen atoms in total. The molecule has 0 aromatic carbocycles. The van der Waals surface area contributed by atoms with Gasteiger partial charge in [0.15, 0.2) is 0 Å². The summed E-state index contributed by atoms with van der Waals surface area (Å²) in [5.74, 6) is 2.84. The van der Waals surface area contributed by atoms with Gasteiger partial charge in [-0.15, -0.1) is 0 Å². The second-order valence-electron chi connectivity index (χ2n) is 5.42. The van der Waals surface area contributed by atoms with Crippen LogP contribution in [0.25, 0.3) is 0 Å². The highest BCUT2D eigenvalue weighted by Gasteiger charge is 2.25. The number of sulfonamides is 1. The molecular formula is C13H28N2O2S2. The van der Waals surface area contributed by atoms with E-state index in [9.17, 15) is 8.42 Å². The maximum atomic E-state index is 11.5. The maximum Gasteiger partial charge on any atom is 0.211 e. The topological polar surface area (TPSA) is 49.4 Å². The molecule has 19 heavy (non-hydrogen) atoms. The van der Waals surface area contributed by atoms with Gasteiger partial charge in [0, 0.05) is 19.1 Å². The zero-order valence-electron chi connectivity index (χ0n) is 12.4. The molecule has 1 heterocycles. The Morgan fingerprint density at radius 3 is 2.84 bits per heavy atom. The average Bonchev–Trinajstić information content (AvgIpc) is 2.36. The second-order valence-corrected chi connectivity index (χ2v) is 8.80. The molecule has 0 saturated carbocycles. The highest BCUT2D eigenvalue weighted by molar-refractivity contribution is 7.99. The minimum Gasteiger partial charge on any atom is -0.314 e. The third-order valence-corrected chi connectivity index (χ3v) is 5.81. The van der Waals surface area contributed by atoms with E-state index in [1.807, 2.05) is 11.8 Å². The molecule has 114 valence electrons. The van der Waals surface area contributed by atoms with Crippen molar-refractivity contribution in [2.24, 2.45) is 5.92 Å². The molecule has 0 radical (unpaired) electrons. The Kier molecular flexibility index (Phi) is 7.72. The number of thioether (sulfide) groups is 1. The van der Waals surface area contributed by atoms with Crippen molar-refractivity contribution >= 4 is 21.8 Å². The third-order valence-electron chi connectivity index (χ3n) is 3.61. The lowest BCUT2D eigenvalue weighted by molar-refractivity contribution is 0.256. The smallest absolute Gasteiger partial charge is 0.211 e. The lowest BCUT2D eigenvalue weighted by Crippen LogP contribution is -2.43. The van der Waals surface area contributed by atoms with Crippen molar-refractivity contribution in [1.29, 1.82) is 0 Å². The van der Waals surface area contributed by atoms with Gasteiger partial charge in [0.1, 0.15) is 0 Å². The van der Waals surface area contributed by atoms with Crippen LogP contribution in [0.4, 0.5) is 0 Å². The van der Waals surface area contributed by atoms with Gasteiger partial charge in [-0.25, -0.2) is 12.7 Å². The molecule has 0 aliphatic carbocycles. The summed E-state index contributed by atoms with van der Waals surface area (Å²) in [6.07, 6.45) is 4.61. The molecule has 0 amide bonds. The lowest BCUT2D eigenvalue weighted by atomic mass is 9.99. The fraction of sp³-hybridized carbons (Fsp3) is 1.00. The van der Waals surface area contributed by atoms with E-state index < -0.39 is 10.0 Å². The summed E-state index contributed by atoms with van der Waals surface area (Å²) < 4.78 is 24.7. The highest BCUT2D eigenvalue weighted by atomic mass is 32.2. The van der Waals surface area contributed by atoms with E-state index >= 15 is 0 Å². The molecule has 0 spiro atoms. The van der Waals surface area contributed by atoms with Gasteiger partial charge in [0.25, 0.3) is 0 Å². The van der Waals surface area contributed by atoms with Crippen LogP contribution < -0.4 is 5.32 Å². The normalized spacial score (nSPS) is 23.4. The molecule has 2 atom stereocenters. The van der Waals surface area contributed by atoms with E-state index in [1.54, 1.807) is 4.31 Å². The van der Waals surface area contributed by atoms with Crippen molar-refractivity contribution in [1.82, 2.24) is 9.62 Å². The molecule has 1 N–H and O–H groups in total. The van der Waals surface area contributed by atoms with Gasteiger partial charge in [-0.05, 0) is 50.2 Å². The first-order valence-corrected chi connectivity index (χ1v) is 10.2. The van der Waals surface area contributed by atoms with Crippen molar-refractivity contribution in [2.75, 3.05) is 37.4 Å². The van der Waals surface area contributed by atoms with Crippen molar-refractivity contribution < 1.29 is 8.42 Å². The quantitative estimate of drug-likeness (QED) is 0.695. The molecule has 1 aliphatic heterocycles. The van der Waals surface area contributed by atoms with E-state index in [1.165, 1.54) is 24.2 Å². The predicted molar refractivity (Wildman–Crippen MR) is 84.2 cm³/mol. The number of nitrogens with zero attached hydrogens (tertiary/aromatic N) is 1. The van der Waals surface area contributed by atoms with Crippen LogP contribution >= 0.6 is 11.8 Å². The largest absolute Gasteiger partial charge is 0.314 e. The summed E-state index contributed by atoms with van der Waals surface area (Å²) in [5.41, 5.74) is 0. The van der Waals surface area contributed by atoms with E-state index in [0.29, 0.717) is 25.0 Å². The van der Waals surface area contributed by atoms with Gasteiger partial charge in [0.05, 0.1) is 6.26 Å². The first-order chi connectivity index (χ1) is 8.93. The molecule has 2 unspecified atom stereocenters. The average molecular weight is 309 g/mol. The SMILES string of the molecule is CCSCCC(C)NCC1CCCN(S(C)(=O)=O)C1. The standard InChI is InChI=1S/C13H28N2O2S2/c1-4-18-9-7-12(2)14-10-13-6-5-8-15(11-13)19(3,16)17/h12-14H,4-11H2,1-3H3. The summed E-state index contributed by atoms with van der Waals surface area (Å²) in [7, 11) is -3.01. The lowest BCUT2D eigenvalue weighted by Gasteiger charge is -2.31. The van der Waals surface area contributed by atoms with Crippen LogP contribution in [0.15, 0.2) is 0 Å². The molecule has 1 saturated heterocycles. The van der Waals surface area contributed by atoms with Crippen LogP contribution in [-0.2, 0) is 10.0 Å². The zero-order chi connectivity index (χ0) is 14.3. The molecule has 0 aromatic heterocycles. The molecule has 1 rings (SSSR count). The van der Waals surface area contributed by atoms with Gasteiger partial charge in [-0.3, -0.25) is 0 Å². The van der Waals surface area contributed by atoms with Gasteiger partial charge in [-0.1, -0.05) is 6.92 Å². The summed E-state index contributed by atoms with van der Waals surface area (Å²) in [6, 6.07) is 0.521.